The van der Waals surface area contributed by atoms with Crippen molar-refractivity contribution in [2.24, 2.45) is 7.05 Å². The molecule has 1 aliphatic heterocycles. The molecule has 1 aromatic carbocycles. The number of benzene rings is 1. The summed E-state index contributed by atoms with van der Waals surface area (Å²) in [6, 6.07) is 5.38. The summed E-state index contributed by atoms with van der Waals surface area (Å²) in [5.41, 5.74) is 1.46. The van der Waals surface area contributed by atoms with E-state index in [1.54, 1.807) is 30.5 Å². The van der Waals surface area contributed by atoms with Gasteiger partial charge in [-0.05, 0) is 44.5 Å². The van der Waals surface area contributed by atoms with Crippen molar-refractivity contribution in [2.45, 2.75) is 25.2 Å². The van der Waals surface area contributed by atoms with Crippen LogP contribution < -0.4 is 0 Å². The zero-order valence-corrected chi connectivity index (χ0v) is 16.5. The van der Waals surface area contributed by atoms with Crippen LogP contribution in [0.5, 0.6) is 0 Å². The Kier molecular flexibility index (Phi) is 5.34. The van der Waals surface area contributed by atoms with Gasteiger partial charge < -0.3 is 4.90 Å². The predicted octanol–water partition coefficient (Wildman–Crippen LogP) is 1.71. The molecule has 1 saturated heterocycles. The van der Waals surface area contributed by atoms with Crippen LogP contribution in [0.25, 0.3) is 0 Å². The van der Waals surface area contributed by atoms with Crippen LogP contribution in [-0.2, 0) is 17.1 Å². The first-order chi connectivity index (χ1) is 12.7. The SMILES string of the molecule is Cc1nn(C)c(C)c1S(=O)(=O)N1CCCN(C(=O)c2ccc(F)cc2)CC1. The van der Waals surface area contributed by atoms with Crippen LogP contribution in [0.2, 0.25) is 0 Å². The number of sulfonamides is 1. The highest BCUT2D eigenvalue weighted by molar-refractivity contribution is 7.89. The zero-order valence-electron chi connectivity index (χ0n) is 15.6. The lowest BCUT2D eigenvalue weighted by Gasteiger charge is -2.22. The van der Waals surface area contributed by atoms with E-state index in [4.69, 9.17) is 0 Å². The molecule has 0 spiro atoms. The normalized spacial score (nSPS) is 16.4. The Morgan fingerprint density at radius 3 is 2.33 bits per heavy atom. The number of aromatic nitrogens is 2. The molecule has 0 atom stereocenters. The Morgan fingerprint density at radius 1 is 1.07 bits per heavy atom. The van der Waals surface area contributed by atoms with Crippen LogP contribution in [0.3, 0.4) is 0 Å². The summed E-state index contributed by atoms with van der Waals surface area (Å²) < 4.78 is 42.3. The van der Waals surface area contributed by atoms with Gasteiger partial charge in [0.25, 0.3) is 5.91 Å². The van der Waals surface area contributed by atoms with Gasteiger partial charge in [0.2, 0.25) is 10.0 Å². The number of amides is 1. The first-order valence-electron chi connectivity index (χ1n) is 8.77. The second-order valence-electron chi connectivity index (χ2n) is 6.68. The van der Waals surface area contributed by atoms with E-state index < -0.39 is 15.8 Å². The monoisotopic (exact) mass is 394 g/mol. The molecule has 0 aliphatic carbocycles. The molecule has 3 rings (SSSR count). The quantitative estimate of drug-likeness (QED) is 0.794. The number of hydrogen-bond acceptors (Lipinski definition) is 4. The standard InChI is InChI=1S/C18H23FN4O3S/c1-13-17(14(2)21(3)20-13)27(25,26)23-10-4-9-22(11-12-23)18(24)15-5-7-16(19)8-6-15/h5-8H,4,9-12H2,1-3H3. The number of rotatable bonds is 3. The van der Waals surface area contributed by atoms with Gasteiger partial charge in [-0.15, -0.1) is 0 Å². The second kappa shape index (κ2) is 7.40. The van der Waals surface area contributed by atoms with Gasteiger partial charge in [0.1, 0.15) is 10.7 Å². The fraction of sp³-hybridized carbons (Fsp3) is 0.444. The molecule has 9 heteroatoms. The van der Waals surface area contributed by atoms with E-state index in [1.165, 1.54) is 28.6 Å². The van der Waals surface area contributed by atoms with E-state index in [0.29, 0.717) is 36.5 Å². The molecule has 0 bridgehead atoms. The Morgan fingerprint density at radius 2 is 1.74 bits per heavy atom. The highest BCUT2D eigenvalue weighted by Crippen LogP contribution is 2.24. The minimum absolute atomic E-state index is 0.211. The van der Waals surface area contributed by atoms with Gasteiger partial charge in [0.15, 0.2) is 0 Å². The minimum Gasteiger partial charge on any atom is -0.337 e. The van der Waals surface area contributed by atoms with Crippen LogP contribution in [-0.4, -0.2) is 59.5 Å². The Balaban J connectivity index is 1.78. The first-order valence-corrected chi connectivity index (χ1v) is 10.2. The molecule has 1 aromatic heterocycles. The molecule has 2 aromatic rings. The van der Waals surface area contributed by atoms with Gasteiger partial charge in [-0.3, -0.25) is 9.48 Å². The third-order valence-electron chi connectivity index (χ3n) is 4.87. The highest BCUT2D eigenvalue weighted by Gasteiger charge is 2.32. The highest BCUT2D eigenvalue weighted by atomic mass is 32.2. The Bertz CT molecular complexity index is 954. The number of hydrogen-bond donors (Lipinski definition) is 0. The maximum Gasteiger partial charge on any atom is 0.253 e. The van der Waals surface area contributed by atoms with Crippen molar-refractivity contribution in [1.82, 2.24) is 19.0 Å². The smallest absolute Gasteiger partial charge is 0.253 e. The van der Waals surface area contributed by atoms with Gasteiger partial charge in [-0.2, -0.15) is 9.40 Å². The summed E-state index contributed by atoms with van der Waals surface area (Å²) in [7, 11) is -1.97. The van der Waals surface area contributed by atoms with Crippen LogP contribution in [0, 0.1) is 19.7 Å². The lowest BCUT2D eigenvalue weighted by atomic mass is 10.2. The van der Waals surface area contributed by atoms with Gasteiger partial charge >= 0.3 is 0 Å². The molecule has 146 valence electrons. The molecule has 7 nitrogen and oxygen atoms in total. The predicted molar refractivity (Wildman–Crippen MR) is 98.4 cm³/mol. The molecule has 2 heterocycles. The number of aryl methyl sites for hydroxylation is 2. The van der Waals surface area contributed by atoms with Crippen LogP contribution in [0.15, 0.2) is 29.2 Å². The van der Waals surface area contributed by atoms with Crippen molar-refractivity contribution in [3.8, 4) is 0 Å². The fourth-order valence-corrected chi connectivity index (χ4v) is 5.24. The molecule has 1 fully saturated rings. The average molecular weight is 394 g/mol. The summed E-state index contributed by atoms with van der Waals surface area (Å²) in [6.07, 6.45) is 0.532. The van der Waals surface area contributed by atoms with Gasteiger partial charge in [0, 0.05) is 38.8 Å². The topological polar surface area (TPSA) is 75.5 Å². The van der Waals surface area contributed by atoms with Crippen LogP contribution in [0.4, 0.5) is 4.39 Å². The molecule has 0 unspecified atom stereocenters. The summed E-state index contributed by atoms with van der Waals surface area (Å²) >= 11 is 0. The van der Waals surface area contributed by atoms with Crippen molar-refractivity contribution >= 4 is 15.9 Å². The van der Waals surface area contributed by atoms with Crippen molar-refractivity contribution in [2.75, 3.05) is 26.2 Å². The Labute approximate surface area is 158 Å². The van der Waals surface area contributed by atoms with E-state index in [1.807, 2.05) is 0 Å². The third-order valence-corrected chi connectivity index (χ3v) is 7.03. The molecule has 1 amide bonds. The van der Waals surface area contributed by atoms with E-state index >= 15 is 0 Å². The Hall–Kier alpha value is -2.26. The van der Waals surface area contributed by atoms with E-state index in [2.05, 4.69) is 5.10 Å². The largest absolute Gasteiger partial charge is 0.337 e. The summed E-state index contributed by atoms with van der Waals surface area (Å²) in [5, 5.41) is 4.20. The molecule has 27 heavy (non-hydrogen) atoms. The van der Waals surface area contributed by atoms with E-state index in [9.17, 15) is 17.6 Å². The minimum atomic E-state index is -3.68. The maximum absolute atomic E-state index is 13.1. The third kappa shape index (κ3) is 3.74. The van der Waals surface area contributed by atoms with E-state index in [-0.39, 0.29) is 23.9 Å². The molecule has 0 radical (unpaired) electrons. The number of carbonyl (C=O) groups is 1. The fourth-order valence-electron chi connectivity index (χ4n) is 3.37. The zero-order chi connectivity index (χ0) is 19.8. The van der Waals surface area contributed by atoms with Crippen LogP contribution >= 0.6 is 0 Å². The van der Waals surface area contributed by atoms with E-state index in [0.717, 1.165) is 0 Å². The lowest BCUT2D eigenvalue weighted by molar-refractivity contribution is 0.0764. The molecule has 1 aliphatic rings. The molecular formula is C18H23FN4O3S. The van der Waals surface area contributed by atoms with Crippen molar-refractivity contribution < 1.29 is 17.6 Å². The van der Waals surface area contributed by atoms with Crippen molar-refractivity contribution in [3.05, 3.63) is 47.0 Å². The second-order valence-corrected chi connectivity index (χ2v) is 8.56. The van der Waals surface area contributed by atoms with Crippen molar-refractivity contribution in [1.29, 1.82) is 0 Å². The summed E-state index contributed by atoms with van der Waals surface area (Å²) in [5.74, 6) is -0.620. The lowest BCUT2D eigenvalue weighted by Crippen LogP contribution is -2.37. The maximum atomic E-state index is 13.1. The van der Waals surface area contributed by atoms with Crippen molar-refractivity contribution in [3.63, 3.8) is 0 Å². The average Bonchev–Trinajstić information content (AvgIpc) is 2.81. The van der Waals surface area contributed by atoms with Gasteiger partial charge in [-0.25, -0.2) is 12.8 Å². The van der Waals surface area contributed by atoms with Gasteiger partial charge in [-0.1, -0.05) is 0 Å². The summed E-state index contributed by atoms with van der Waals surface area (Å²) in [4.78, 5) is 14.5. The number of carbonyl (C=O) groups excluding carboxylic acids is 1. The number of nitrogens with zero attached hydrogens (tertiary/aromatic N) is 4. The first kappa shape index (κ1) is 19.5. The van der Waals surface area contributed by atoms with Gasteiger partial charge in [0.05, 0.1) is 11.4 Å². The molecule has 0 N–H and O–H groups in total. The molecule has 0 saturated carbocycles. The van der Waals surface area contributed by atoms with Crippen LogP contribution in [0.1, 0.15) is 28.2 Å². The summed E-state index contributed by atoms with van der Waals surface area (Å²) in [6.45, 7) is 4.70. The molecular weight excluding hydrogens is 371 g/mol. The number of halogens is 1.